The zero-order valence-electron chi connectivity index (χ0n) is 8.10. The molecule has 2 heteroatoms. The zero-order valence-corrected chi connectivity index (χ0v) is 8.99. The fraction of sp³-hybridized carbons (Fsp3) is 1.00. The Hall–Kier alpha value is 0.390. The molecular formula is C9H21OP. The number of rotatable bonds is 7. The lowest BCUT2D eigenvalue weighted by molar-refractivity contribution is 0.350. The summed E-state index contributed by atoms with van der Waals surface area (Å²) in [5, 5.41) is 0. The fourth-order valence-corrected chi connectivity index (χ4v) is 2.88. The first kappa shape index (κ1) is 11.4. The molecule has 0 aromatic rings. The second kappa shape index (κ2) is 8.49. The van der Waals surface area contributed by atoms with Gasteiger partial charge in [0.15, 0.2) is 0 Å². The maximum absolute atomic E-state index is 5.74. The average Bonchev–Trinajstić information content (AvgIpc) is 2.01. The van der Waals surface area contributed by atoms with Crippen LogP contribution in [-0.2, 0) is 4.52 Å². The molecule has 0 aliphatic heterocycles. The third-order valence-electron chi connectivity index (χ3n) is 1.42. The highest BCUT2D eigenvalue weighted by atomic mass is 31.1. The SMILES string of the molecule is CCCOP(CCC)CCC. The van der Waals surface area contributed by atoms with Crippen molar-refractivity contribution in [3.8, 4) is 0 Å². The Kier molecular flexibility index (Phi) is 8.79. The standard InChI is InChI=1S/C9H21OP/c1-4-7-10-11(8-5-2)9-6-3/h4-9H2,1-3H3. The molecule has 0 aromatic heterocycles. The van der Waals surface area contributed by atoms with Gasteiger partial charge in [-0.25, -0.2) is 0 Å². The van der Waals surface area contributed by atoms with Gasteiger partial charge in [-0.15, -0.1) is 0 Å². The average molecular weight is 176 g/mol. The van der Waals surface area contributed by atoms with Crippen molar-refractivity contribution in [2.45, 2.75) is 40.0 Å². The van der Waals surface area contributed by atoms with Crippen LogP contribution in [0.25, 0.3) is 0 Å². The van der Waals surface area contributed by atoms with E-state index in [2.05, 4.69) is 20.8 Å². The molecule has 0 N–H and O–H groups in total. The summed E-state index contributed by atoms with van der Waals surface area (Å²) < 4.78 is 5.74. The molecule has 0 radical (unpaired) electrons. The molecule has 0 spiro atoms. The minimum atomic E-state index is -0.0667. The highest BCUT2D eigenvalue weighted by Gasteiger charge is 2.04. The number of hydrogen-bond donors (Lipinski definition) is 0. The molecule has 0 aliphatic rings. The Morgan fingerprint density at radius 1 is 0.909 bits per heavy atom. The molecule has 0 saturated heterocycles. The van der Waals surface area contributed by atoms with Crippen LogP contribution in [0.5, 0.6) is 0 Å². The molecule has 0 rings (SSSR count). The molecule has 0 atom stereocenters. The van der Waals surface area contributed by atoms with Crippen LogP contribution < -0.4 is 0 Å². The fourth-order valence-electron chi connectivity index (χ4n) is 0.960. The summed E-state index contributed by atoms with van der Waals surface area (Å²) in [4.78, 5) is 0. The van der Waals surface area contributed by atoms with E-state index in [1.54, 1.807) is 0 Å². The second-order valence-corrected chi connectivity index (χ2v) is 4.88. The molecule has 0 amide bonds. The van der Waals surface area contributed by atoms with Crippen molar-refractivity contribution in [3.05, 3.63) is 0 Å². The summed E-state index contributed by atoms with van der Waals surface area (Å²) in [7, 11) is -0.0667. The maximum atomic E-state index is 5.74. The summed E-state index contributed by atoms with van der Waals surface area (Å²) in [5.74, 6) is 0. The summed E-state index contributed by atoms with van der Waals surface area (Å²) >= 11 is 0. The van der Waals surface area contributed by atoms with Crippen molar-refractivity contribution >= 4 is 8.15 Å². The molecule has 0 heterocycles. The Bertz CT molecular complexity index is 70.0. The highest BCUT2D eigenvalue weighted by Crippen LogP contribution is 2.37. The Balaban J connectivity index is 3.34. The third-order valence-corrected chi connectivity index (χ3v) is 3.86. The van der Waals surface area contributed by atoms with Gasteiger partial charge in [-0.05, 0) is 18.7 Å². The molecule has 68 valence electrons. The first-order valence-corrected chi connectivity index (χ1v) is 6.36. The highest BCUT2D eigenvalue weighted by molar-refractivity contribution is 7.52. The minimum absolute atomic E-state index is 0.0667. The molecule has 0 saturated carbocycles. The van der Waals surface area contributed by atoms with E-state index < -0.39 is 0 Å². The Labute approximate surface area is 72.4 Å². The van der Waals surface area contributed by atoms with Crippen LogP contribution in [0, 0.1) is 0 Å². The lowest BCUT2D eigenvalue weighted by atomic mass is 10.5. The predicted octanol–water partition coefficient (Wildman–Crippen LogP) is 3.63. The minimum Gasteiger partial charge on any atom is -0.359 e. The largest absolute Gasteiger partial charge is 0.359 e. The van der Waals surface area contributed by atoms with Crippen molar-refractivity contribution in [1.29, 1.82) is 0 Å². The normalized spacial score (nSPS) is 10.9. The summed E-state index contributed by atoms with van der Waals surface area (Å²) in [6, 6.07) is 0. The van der Waals surface area contributed by atoms with Crippen LogP contribution in [0.1, 0.15) is 40.0 Å². The van der Waals surface area contributed by atoms with E-state index in [-0.39, 0.29) is 8.15 Å². The molecule has 0 fully saturated rings. The van der Waals surface area contributed by atoms with Gasteiger partial charge in [-0.1, -0.05) is 33.6 Å². The van der Waals surface area contributed by atoms with E-state index in [1.165, 1.54) is 25.2 Å². The van der Waals surface area contributed by atoms with Gasteiger partial charge in [0, 0.05) is 8.15 Å². The van der Waals surface area contributed by atoms with Crippen LogP contribution in [0.2, 0.25) is 0 Å². The van der Waals surface area contributed by atoms with Gasteiger partial charge in [0.25, 0.3) is 0 Å². The molecule has 0 unspecified atom stereocenters. The topological polar surface area (TPSA) is 9.23 Å². The van der Waals surface area contributed by atoms with Gasteiger partial charge in [0.2, 0.25) is 0 Å². The van der Waals surface area contributed by atoms with E-state index in [0.29, 0.717) is 0 Å². The zero-order chi connectivity index (χ0) is 8.53. The van der Waals surface area contributed by atoms with Crippen LogP contribution in [-0.4, -0.2) is 18.9 Å². The molecular weight excluding hydrogens is 155 g/mol. The smallest absolute Gasteiger partial charge is 0.0506 e. The lowest BCUT2D eigenvalue weighted by Crippen LogP contribution is -1.94. The Morgan fingerprint density at radius 2 is 1.45 bits per heavy atom. The van der Waals surface area contributed by atoms with Crippen molar-refractivity contribution in [3.63, 3.8) is 0 Å². The van der Waals surface area contributed by atoms with Crippen LogP contribution in [0.4, 0.5) is 0 Å². The second-order valence-electron chi connectivity index (χ2n) is 2.76. The van der Waals surface area contributed by atoms with Gasteiger partial charge in [-0.3, -0.25) is 0 Å². The van der Waals surface area contributed by atoms with Gasteiger partial charge in [0.1, 0.15) is 0 Å². The van der Waals surface area contributed by atoms with Crippen molar-refractivity contribution in [2.24, 2.45) is 0 Å². The molecule has 11 heavy (non-hydrogen) atoms. The molecule has 0 bridgehead atoms. The van der Waals surface area contributed by atoms with Crippen LogP contribution in [0.15, 0.2) is 0 Å². The quantitative estimate of drug-likeness (QED) is 0.538. The molecule has 0 aliphatic carbocycles. The maximum Gasteiger partial charge on any atom is 0.0506 e. The van der Waals surface area contributed by atoms with E-state index >= 15 is 0 Å². The van der Waals surface area contributed by atoms with Crippen LogP contribution in [0.3, 0.4) is 0 Å². The van der Waals surface area contributed by atoms with Gasteiger partial charge in [0.05, 0.1) is 6.61 Å². The molecule has 0 aromatic carbocycles. The lowest BCUT2D eigenvalue weighted by Gasteiger charge is -2.15. The molecule has 1 nitrogen and oxygen atoms in total. The first-order valence-electron chi connectivity index (χ1n) is 4.73. The van der Waals surface area contributed by atoms with E-state index in [0.717, 1.165) is 13.0 Å². The first-order chi connectivity index (χ1) is 5.35. The Morgan fingerprint density at radius 3 is 1.82 bits per heavy atom. The summed E-state index contributed by atoms with van der Waals surface area (Å²) in [6.07, 6.45) is 6.30. The van der Waals surface area contributed by atoms with Crippen molar-refractivity contribution < 1.29 is 4.52 Å². The summed E-state index contributed by atoms with van der Waals surface area (Å²) in [5.41, 5.74) is 0. The van der Waals surface area contributed by atoms with Crippen molar-refractivity contribution in [1.82, 2.24) is 0 Å². The van der Waals surface area contributed by atoms with E-state index in [9.17, 15) is 0 Å². The van der Waals surface area contributed by atoms with E-state index in [1.807, 2.05) is 0 Å². The monoisotopic (exact) mass is 176 g/mol. The van der Waals surface area contributed by atoms with Crippen LogP contribution >= 0.6 is 8.15 Å². The van der Waals surface area contributed by atoms with Crippen molar-refractivity contribution in [2.75, 3.05) is 18.9 Å². The van der Waals surface area contributed by atoms with E-state index in [4.69, 9.17) is 4.52 Å². The van der Waals surface area contributed by atoms with Gasteiger partial charge in [-0.2, -0.15) is 0 Å². The third kappa shape index (κ3) is 6.77. The van der Waals surface area contributed by atoms with Gasteiger partial charge >= 0.3 is 0 Å². The predicted molar refractivity (Wildman–Crippen MR) is 53.5 cm³/mol. The van der Waals surface area contributed by atoms with Gasteiger partial charge < -0.3 is 4.52 Å². The number of hydrogen-bond acceptors (Lipinski definition) is 1. The summed E-state index contributed by atoms with van der Waals surface area (Å²) in [6.45, 7) is 7.61.